The molecule has 0 saturated heterocycles. The van der Waals surface area contributed by atoms with Gasteiger partial charge in [-0.3, -0.25) is 4.98 Å². The van der Waals surface area contributed by atoms with Gasteiger partial charge in [0.1, 0.15) is 0 Å². The molecule has 0 radical (unpaired) electrons. The van der Waals surface area contributed by atoms with Crippen LogP contribution < -0.4 is 0 Å². The number of hydrogen-bond donors (Lipinski definition) is 0. The van der Waals surface area contributed by atoms with Gasteiger partial charge in [0.25, 0.3) is 0 Å². The highest BCUT2D eigenvalue weighted by atomic mass is 15.3. The number of benzene rings is 3. The molecule has 0 aliphatic heterocycles. The van der Waals surface area contributed by atoms with Crippen molar-refractivity contribution < 1.29 is 0 Å². The smallest absolute Gasteiger partial charge is 0.0666 e. The highest BCUT2D eigenvalue weighted by molar-refractivity contribution is 6.09. The third-order valence-electron chi connectivity index (χ3n) is 5.71. The Hall–Kier alpha value is -4.18. The van der Waals surface area contributed by atoms with Crippen molar-refractivity contribution in [3.8, 4) is 11.4 Å². The number of hydrogen-bond acceptors (Lipinski definition) is 2. The molecule has 0 amide bonds. The van der Waals surface area contributed by atoms with E-state index in [4.69, 9.17) is 0 Å². The van der Waals surface area contributed by atoms with E-state index in [-0.39, 0.29) is 0 Å². The second-order valence-electron chi connectivity index (χ2n) is 7.67. The van der Waals surface area contributed by atoms with Gasteiger partial charge in [-0.2, -0.15) is 5.10 Å². The van der Waals surface area contributed by atoms with Crippen molar-refractivity contribution in [1.82, 2.24) is 19.3 Å². The molecule has 6 aromatic rings. The zero-order chi connectivity index (χ0) is 20.6. The summed E-state index contributed by atoms with van der Waals surface area (Å²) in [5.41, 5.74) is 6.88. The van der Waals surface area contributed by atoms with E-state index in [0.29, 0.717) is 0 Å². The van der Waals surface area contributed by atoms with Crippen molar-refractivity contribution in [3.05, 3.63) is 121 Å². The second-order valence-corrected chi connectivity index (χ2v) is 7.67. The molecule has 3 aromatic carbocycles. The first-order chi connectivity index (χ1) is 15.4. The van der Waals surface area contributed by atoms with Crippen LogP contribution in [0.4, 0.5) is 0 Å². The topological polar surface area (TPSA) is 35.6 Å². The number of aromatic nitrogens is 4. The largest absolute Gasteiger partial charge is 0.309 e. The van der Waals surface area contributed by atoms with Crippen molar-refractivity contribution in [2.75, 3.05) is 0 Å². The zero-order valence-electron chi connectivity index (χ0n) is 16.9. The molecule has 0 unspecified atom stereocenters. The molecule has 4 nitrogen and oxygen atoms in total. The summed E-state index contributed by atoms with van der Waals surface area (Å²) < 4.78 is 4.25. The van der Waals surface area contributed by atoms with Crippen LogP contribution in [-0.2, 0) is 6.42 Å². The fourth-order valence-corrected chi connectivity index (χ4v) is 4.32. The monoisotopic (exact) mass is 400 g/mol. The van der Waals surface area contributed by atoms with Gasteiger partial charge in [0.15, 0.2) is 0 Å². The number of para-hydroxylation sites is 1. The lowest BCUT2D eigenvalue weighted by atomic mass is 10.1. The summed E-state index contributed by atoms with van der Waals surface area (Å²) in [6.07, 6.45) is 6.44. The number of fused-ring (bicyclic) bond motifs is 3. The average Bonchev–Trinajstić information content (AvgIpc) is 3.46. The summed E-state index contributed by atoms with van der Waals surface area (Å²) in [5.74, 6) is 0. The van der Waals surface area contributed by atoms with Gasteiger partial charge in [-0.1, -0.05) is 42.5 Å². The molecule has 31 heavy (non-hydrogen) atoms. The summed E-state index contributed by atoms with van der Waals surface area (Å²) in [6, 6.07) is 31.9. The first kappa shape index (κ1) is 17.7. The minimum absolute atomic E-state index is 0.810. The lowest BCUT2D eigenvalue weighted by Crippen LogP contribution is -1.98. The molecule has 0 N–H and O–H groups in total. The minimum Gasteiger partial charge on any atom is -0.309 e. The van der Waals surface area contributed by atoms with E-state index in [0.717, 1.165) is 23.5 Å². The van der Waals surface area contributed by atoms with E-state index < -0.39 is 0 Å². The Kier molecular flexibility index (Phi) is 4.13. The predicted molar refractivity (Wildman–Crippen MR) is 125 cm³/mol. The molecule has 0 aliphatic carbocycles. The van der Waals surface area contributed by atoms with Gasteiger partial charge in [-0.25, -0.2) is 4.68 Å². The Balaban J connectivity index is 1.56. The highest BCUT2D eigenvalue weighted by Crippen LogP contribution is 2.33. The van der Waals surface area contributed by atoms with Crippen LogP contribution in [0.25, 0.3) is 33.2 Å². The van der Waals surface area contributed by atoms with Crippen LogP contribution >= 0.6 is 0 Å². The van der Waals surface area contributed by atoms with Crippen molar-refractivity contribution in [3.63, 3.8) is 0 Å². The minimum atomic E-state index is 0.810. The SMILES string of the molecule is c1ccc(Cc2cccc(-n3c4ccccc4c4ccc(-n5cccn5)cc43)c2)nc1. The Labute approximate surface area is 180 Å². The van der Waals surface area contributed by atoms with Gasteiger partial charge in [0.05, 0.1) is 16.7 Å². The summed E-state index contributed by atoms with van der Waals surface area (Å²) in [6.45, 7) is 0. The Bertz CT molecular complexity index is 1500. The van der Waals surface area contributed by atoms with E-state index in [1.54, 1.807) is 6.20 Å². The van der Waals surface area contributed by atoms with Crippen molar-refractivity contribution in [2.45, 2.75) is 6.42 Å². The third-order valence-corrected chi connectivity index (χ3v) is 5.71. The molecule has 0 fully saturated rings. The van der Waals surface area contributed by atoms with Crippen LogP contribution in [0.2, 0.25) is 0 Å². The fraction of sp³-hybridized carbons (Fsp3) is 0.0370. The molecule has 3 aromatic heterocycles. The maximum Gasteiger partial charge on any atom is 0.0666 e. The number of pyridine rings is 1. The lowest BCUT2D eigenvalue weighted by Gasteiger charge is -2.11. The van der Waals surface area contributed by atoms with Crippen LogP contribution in [0.15, 0.2) is 110 Å². The van der Waals surface area contributed by atoms with Crippen LogP contribution in [0.1, 0.15) is 11.3 Å². The molecule has 0 saturated carbocycles. The summed E-state index contributed by atoms with van der Waals surface area (Å²) in [5, 5.41) is 6.90. The van der Waals surface area contributed by atoms with Crippen molar-refractivity contribution in [1.29, 1.82) is 0 Å². The zero-order valence-corrected chi connectivity index (χ0v) is 16.9. The Morgan fingerprint density at radius 3 is 2.42 bits per heavy atom. The standard InChI is InChI=1S/C27H20N4/c1-2-11-26-24(10-1)25-13-12-22(30-16-6-15-29-30)19-27(25)31(26)23-9-5-7-20(18-23)17-21-8-3-4-14-28-21/h1-16,18-19H,17H2. The first-order valence-corrected chi connectivity index (χ1v) is 10.4. The number of rotatable bonds is 4. The Morgan fingerprint density at radius 1 is 0.645 bits per heavy atom. The molecule has 0 spiro atoms. The molecular weight excluding hydrogens is 380 g/mol. The van der Waals surface area contributed by atoms with Crippen LogP contribution in [-0.4, -0.2) is 19.3 Å². The van der Waals surface area contributed by atoms with Gasteiger partial charge in [0.2, 0.25) is 0 Å². The van der Waals surface area contributed by atoms with Gasteiger partial charge in [-0.05, 0) is 54.1 Å². The third kappa shape index (κ3) is 3.09. The van der Waals surface area contributed by atoms with Gasteiger partial charge >= 0.3 is 0 Å². The molecule has 3 heterocycles. The summed E-state index contributed by atoms with van der Waals surface area (Å²) in [4.78, 5) is 4.49. The molecular formula is C27H20N4. The highest BCUT2D eigenvalue weighted by Gasteiger charge is 2.13. The van der Waals surface area contributed by atoms with E-state index in [2.05, 4.69) is 87.4 Å². The van der Waals surface area contributed by atoms with Gasteiger partial charge < -0.3 is 4.57 Å². The van der Waals surface area contributed by atoms with Crippen molar-refractivity contribution in [2.24, 2.45) is 0 Å². The molecule has 4 heteroatoms. The quantitative estimate of drug-likeness (QED) is 0.366. The normalized spacial score (nSPS) is 11.4. The maximum absolute atomic E-state index is 4.49. The van der Waals surface area contributed by atoms with Crippen molar-refractivity contribution >= 4 is 21.8 Å². The first-order valence-electron chi connectivity index (χ1n) is 10.4. The number of nitrogens with zero attached hydrogens (tertiary/aromatic N) is 4. The lowest BCUT2D eigenvalue weighted by molar-refractivity contribution is 0.881. The van der Waals surface area contributed by atoms with Gasteiger partial charge in [-0.15, -0.1) is 0 Å². The molecule has 6 rings (SSSR count). The van der Waals surface area contributed by atoms with E-state index in [9.17, 15) is 0 Å². The van der Waals surface area contributed by atoms with E-state index in [1.807, 2.05) is 35.3 Å². The second kappa shape index (κ2) is 7.26. The summed E-state index contributed by atoms with van der Waals surface area (Å²) in [7, 11) is 0. The average molecular weight is 400 g/mol. The van der Waals surface area contributed by atoms with Crippen LogP contribution in [0, 0.1) is 0 Å². The van der Waals surface area contributed by atoms with E-state index >= 15 is 0 Å². The molecule has 148 valence electrons. The molecule has 0 bridgehead atoms. The Morgan fingerprint density at radius 2 is 1.55 bits per heavy atom. The fourth-order valence-electron chi connectivity index (χ4n) is 4.32. The molecule has 0 aliphatic rings. The van der Waals surface area contributed by atoms with Crippen LogP contribution in [0.5, 0.6) is 0 Å². The molecule has 0 atom stereocenters. The van der Waals surface area contributed by atoms with E-state index in [1.165, 1.54) is 27.4 Å². The summed E-state index contributed by atoms with van der Waals surface area (Å²) >= 11 is 0. The predicted octanol–water partition coefficient (Wildman–Crippen LogP) is 5.96. The maximum atomic E-state index is 4.49. The van der Waals surface area contributed by atoms with Gasteiger partial charge in [0, 0.05) is 47.2 Å². The van der Waals surface area contributed by atoms with Crippen LogP contribution in [0.3, 0.4) is 0 Å².